The van der Waals surface area contributed by atoms with Crippen molar-refractivity contribution < 1.29 is 14.6 Å². The van der Waals surface area contributed by atoms with Crippen molar-refractivity contribution in [3.8, 4) is 5.75 Å². The fourth-order valence-electron chi connectivity index (χ4n) is 2.46. The van der Waals surface area contributed by atoms with Gasteiger partial charge in [-0.2, -0.15) is 0 Å². The molecule has 1 aromatic rings. The number of aromatic hydroxyl groups is 1. The zero-order valence-electron chi connectivity index (χ0n) is 12.9. The van der Waals surface area contributed by atoms with Gasteiger partial charge in [0.1, 0.15) is 11.4 Å². The number of piperidine rings is 1. The van der Waals surface area contributed by atoms with E-state index in [0.29, 0.717) is 11.6 Å². The number of benzene rings is 1. The number of rotatable bonds is 2. The molecule has 1 heterocycles. The topological polar surface area (TPSA) is 70.6 Å². The Bertz CT molecular complexity index is 503. The Hall–Kier alpha value is -1.75. The molecule has 1 aliphatic heterocycles. The maximum Gasteiger partial charge on any atom is 0.412 e. The standard InChI is InChI=1S/C16H24N2O3/c1-16(2,3)21-15(20)18-13-9-11(6-7-14(13)19)12-5-4-8-17-10-12/h6-7,9,12,17,19H,4-5,8,10H2,1-3H3,(H,18,20). The van der Waals surface area contributed by atoms with E-state index < -0.39 is 11.7 Å². The molecule has 1 amide bonds. The second kappa shape index (κ2) is 6.35. The number of phenols is 1. The predicted octanol–water partition coefficient (Wildman–Crippen LogP) is 3.21. The average molecular weight is 292 g/mol. The lowest BCUT2D eigenvalue weighted by molar-refractivity contribution is 0.0635. The van der Waals surface area contributed by atoms with Gasteiger partial charge in [0.05, 0.1) is 5.69 Å². The van der Waals surface area contributed by atoms with Gasteiger partial charge in [-0.25, -0.2) is 4.79 Å². The first-order valence-corrected chi connectivity index (χ1v) is 7.39. The minimum atomic E-state index is -0.565. The predicted molar refractivity (Wildman–Crippen MR) is 82.8 cm³/mol. The van der Waals surface area contributed by atoms with Crippen LogP contribution in [-0.2, 0) is 4.74 Å². The molecule has 0 spiro atoms. The van der Waals surface area contributed by atoms with E-state index in [1.807, 2.05) is 12.1 Å². The maximum absolute atomic E-state index is 11.8. The lowest BCUT2D eigenvalue weighted by Gasteiger charge is -2.24. The molecule has 2 rings (SSSR count). The number of nitrogens with one attached hydrogen (secondary N) is 2. The molecule has 0 bridgehead atoms. The van der Waals surface area contributed by atoms with Crippen LogP contribution in [0.1, 0.15) is 45.1 Å². The van der Waals surface area contributed by atoms with E-state index in [2.05, 4.69) is 10.6 Å². The Morgan fingerprint density at radius 1 is 1.43 bits per heavy atom. The zero-order chi connectivity index (χ0) is 15.5. The Morgan fingerprint density at radius 2 is 2.19 bits per heavy atom. The van der Waals surface area contributed by atoms with E-state index >= 15 is 0 Å². The van der Waals surface area contributed by atoms with Crippen LogP contribution in [0.2, 0.25) is 0 Å². The average Bonchev–Trinajstić information content (AvgIpc) is 2.40. The third-order valence-corrected chi connectivity index (χ3v) is 3.42. The van der Waals surface area contributed by atoms with E-state index in [9.17, 15) is 9.90 Å². The van der Waals surface area contributed by atoms with E-state index in [0.717, 1.165) is 31.5 Å². The molecule has 1 unspecified atom stereocenters. The molecular weight excluding hydrogens is 268 g/mol. The van der Waals surface area contributed by atoms with E-state index in [-0.39, 0.29) is 5.75 Å². The Morgan fingerprint density at radius 3 is 2.81 bits per heavy atom. The molecular formula is C16H24N2O3. The molecule has 5 nitrogen and oxygen atoms in total. The number of carbonyl (C=O) groups excluding carboxylic acids is 1. The fraction of sp³-hybridized carbons (Fsp3) is 0.562. The van der Waals surface area contributed by atoms with Crippen molar-refractivity contribution in [2.75, 3.05) is 18.4 Å². The van der Waals surface area contributed by atoms with Crippen LogP contribution in [0.3, 0.4) is 0 Å². The van der Waals surface area contributed by atoms with Gasteiger partial charge in [-0.1, -0.05) is 6.07 Å². The van der Waals surface area contributed by atoms with Crippen molar-refractivity contribution >= 4 is 11.8 Å². The van der Waals surface area contributed by atoms with Crippen LogP contribution in [0.15, 0.2) is 18.2 Å². The highest BCUT2D eigenvalue weighted by molar-refractivity contribution is 5.87. The summed E-state index contributed by atoms with van der Waals surface area (Å²) in [6, 6.07) is 5.36. The Kier molecular flexibility index (Phi) is 4.73. The monoisotopic (exact) mass is 292 g/mol. The molecule has 3 N–H and O–H groups in total. The van der Waals surface area contributed by atoms with Crippen LogP contribution in [0.4, 0.5) is 10.5 Å². The van der Waals surface area contributed by atoms with Gasteiger partial charge in [-0.15, -0.1) is 0 Å². The molecule has 0 aromatic heterocycles. The van der Waals surface area contributed by atoms with Crippen LogP contribution in [0.25, 0.3) is 0 Å². The van der Waals surface area contributed by atoms with Crippen molar-refractivity contribution in [3.63, 3.8) is 0 Å². The summed E-state index contributed by atoms with van der Waals surface area (Å²) in [6.45, 7) is 7.39. The lowest BCUT2D eigenvalue weighted by Crippen LogP contribution is -2.28. The molecule has 116 valence electrons. The lowest BCUT2D eigenvalue weighted by atomic mass is 9.91. The summed E-state index contributed by atoms with van der Waals surface area (Å²) < 4.78 is 5.21. The second-order valence-corrected chi connectivity index (χ2v) is 6.45. The fourth-order valence-corrected chi connectivity index (χ4v) is 2.46. The van der Waals surface area contributed by atoms with Crippen LogP contribution in [0.5, 0.6) is 5.75 Å². The van der Waals surface area contributed by atoms with Crippen LogP contribution in [0, 0.1) is 0 Å². The molecule has 1 fully saturated rings. The van der Waals surface area contributed by atoms with Gasteiger partial charge in [0.2, 0.25) is 0 Å². The van der Waals surface area contributed by atoms with Crippen molar-refractivity contribution in [2.24, 2.45) is 0 Å². The van der Waals surface area contributed by atoms with Gasteiger partial charge in [0, 0.05) is 6.54 Å². The van der Waals surface area contributed by atoms with Crippen LogP contribution >= 0.6 is 0 Å². The smallest absolute Gasteiger partial charge is 0.412 e. The highest BCUT2D eigenvalue weighted by Gasteiger charge is 2.19. The largest absolute Gasteiger partial charge is 0.506 e. The summed E-state index contributed by atoms with van der Waals surface area (Å²) in [5, 5.41) is 15.9. The number of amides is 1. The first kappa shape index (κ1) is 15.6. The first-order chi connectivity index (χ1) is 9.85. The minimum absolute atomic E-state index is 0.0494. The molecule has 0 radical (unpaired) electrons. The normalized spacial score (nSPS) is 19.1. The summed E-state index contributed by atoms with van der Waals surface area (Å²) in [5.41, 5.74) is 0.948. The summed E-state index contributed by atoms with van der Waals surface area (Å²) in [5.74, 6) is 0.465. The number of anilines is 1. The van der Waals surface area contributed by atoms with Gasteiger partial charge in [0.15, 0.2) is 0 Å². The molecule has 1 saturated heterocycles. The second-order valence-electron chi connectivity index (χ2n) is 6.45. The van der Waals surface area contributed by atoms with Gasteiger partial charge >= 0.3 is 6.09 Å². The summed E-state index contributed by atoms with van der Waals surface area (Å²) in [6.07, 6.45) is 1.70. The molecule has 1 aliphatic rings. The third-order valence-electron chi connectivity index (χ3n) is 3.42. The minimum Gasteiger partial charge on any atom is -0.506 e. The highest BCUT2D eigenvalue weighted by atomic mass is 16.6. The Labute approximate surface area is 125 Å². The van der Waals surface area contributed by atoms with Crippen LogP contribution < -0.4 is 10.6 Å². The molecule has 1 aromatic carbocycles. The third kappa shape index (κ3) is 4.63. The van der Waals surface area contributed by atoms with Gasteiger partial charge in [-0.05, 0) is 63.8 Å². The van der Waals surface area contributed by atoms with E-state index in [1.54, 1.807) is 26.8 Å². The van der Waals surface area contributed by atoms with E-state index in [4.69, 9.17) is 4.74 Å². The number of carbonyl (C=O) groups is 1. The van der Waals surface area contributed by atoms with Crippen molar-refractivity contribution in [1.29, 1.82) is 0 Å². The van der Waals surface area contributed by atoms with Crippen molar-refractivity contribution in [3.05, 3.63) is 23.8 Å². The van der Waals surface area contributed by atoms with Crippen LogP contribution in [-0.4, -0.2) is 29.9 Å². The Balaban J connectivity index is 2.10. The van der Waals surface area contributed by atoms with Gasteiger partial charge < -0.3 is 15.2 Å². The number of hydrogen-bond acceptors (Lipinski definition) is 4. The van der Waals surface area contributed by atoms with Gasteiger partial charge in [-0.3, -0.25) is 5.32 Å². The number of ether oxygens (including phenoxy) is 1. The summed E-state index contributed by atoms with van der Waals surface area (Å²) >= 11 is 0. The molecule has 0 saturated carbocycles. The van der Waals surface area contributed by atoms with Crippen molar-refractivity contribution in [2.45, 2.75) is 45.1 Å². The number of phenolic OH excluding ortho intramolecular Hbond substituents is 1. The van der Waals surface area contributed by atoms with E-state index in [1.165, 1.54) is 0 Å². The maximum atomic E-state index is 11.8. The quantitative estimate of drug-likeness (QED) is 0.732. The van der Waals surface area contributed by atoms with Crippen molar-refractivity contribution in [1.82, 2.24) is 5.32 Å². The molecule has 5 heteroatoms. The highest BCUT2D eigenvalue weighted by Crippen LogP contribution is 2.31. The molecule has 0 aliphatic carbocycles. The van der Waals surface area contributed by atoms with Gasteiger partial charge in [0.25, 0.3) is 0 Å². The molecule has 21 heavy (non-hydrogen) atoms. The zero-order valence-corrected chi connectivity index (χ0v) is 12.9. The first-order valence-electron chi connectivity index (χ1n) is 7.39. The summed E-state index contributed by atoms with van der Waals surface area (Å²) in [4.78, 5) is 11.8. The SMILES string of the molecule is CC(C)(C)OC(=O)Nc1cc(C2CCCNC2)ccc1O. The number of hydrogen-bond donors (Lipinski definition) is 3. The summed E-state index contributed by atoms with van der Waals surface area (Å²) in [7, 11) is 0. The molecule has 1 atom stereocenters.